The molecule has 1 aromatic rings. The number of carbonyl (C=O) groups is 3. The van der Waals surface area contributed by atoms with Crippen LogP contribution in [-0.4, -0.2) is 82.5 Å². The van der Waals surface area contributed by atoms with Gasteiger partial charge in [0.15, 0.2) is 11.8 Å². The maximum Gasteiger partial charge on any atom is 0.327 e. The van der Waals surface area contributed by atoms with Gasteiger partial charge in [0.2, 0.25) is 5.91 Å². The van der Waals surface area contributed by atoms with E-state index in [1.54, 1.807) is 25.8 Å². The van der Waals surface area contributed by atoms with Crippen LogP contribution in [0.5, 0.6) is 0 Å². The van der Waals surface area contributed by atoms with Gasteiger partial charge in [-0.2, -0.15) is 5.06 Å². The Hall–Kier alpha value is -1.84. The van der Waals surface area contributed by atoms with Crippen molar-refractivity contribution in [3.8, 4) is 0 Å². The van der Waals surface area contributed by atoms with Crippen LogP contribution in [0.15, 0.2) is 24.3 Å². The molecule has 1 saturated carbocycles. The van der Waals surface area contributed by atoms with E-state index in [1.165, 1.54) is 0 Å². The molecule has 268 valence electrons. The first-order chi connectivity index (χ1) is 22.8. The minimum Gasteiger partial charge on any atom is -0.460 e. The standard InChI is InChI=1S/C36H53IN2O9/c1-6-8-10-17-35(18-11-9-7-2)46-28-26-20-36(33(43)38-25(22-40)15-16-27(41)45-34(3,4)5)30(32(42)44-26)39(48-31(36)29(28)47-35)21-23-13-12-14-24(37)19-23/h12-14,19,25-26,28-31,40H,6-11,15-18,20-22H2,1-5H3,(H,38,43)/t25-,26+,28-,29-,30+,31+,36+/m0/s1. The van der Waals surface area contributed by atoms with Crippen LogP contribution in [0, 0.1) is 8.99 Å². The molecule has 0 unspecified atom stereocenters. The number of hydroxylamine groups is 2. The molecule has 48 heavy (non-hydrogen) atoms. The van der Waals surface area contributed by atoms with Crippen molar-refractivity contribution in [1.82, 2.24) is 10.4 Å². The van der Waals surface area contributed by atoms with Crippen molar-refractivity contribution in [3.05, 3.63) is 33.4 Å². The Morgan fingerprint density at radius 3 is 2.42 bits per heavy atom. The summed E-state index contributed by atoms with van der Waals surface area (Å²) in [6.07, 6.45) is 5.09. The molecule has 0 radical (unpaired) electrons. The fourth-order valence-corrected chi connectivity index (χ4v) is 8.33. The Morgan fingerprint density at radius 1 is 1.10 bits per heavy atom. The number of aliphatic hydroxyl groups excluding tert-OH is 1. The summed E-state index contributed by atoms with van der Waals surface area (Å²) in [5.41, 5.74) is -1.09. The number of fused-ring (bicyclic) bond motifs is 4. The maximum atomic E-state index is 14.7. The molecule has 2 bridgehead atoms. The van der Waals surface area contributed by atoms with Crippen LogP contribution >= 0.6 is 22.6 Å². The van der Waals surface area contributed by atoms with Crippen molar-refractivity contribution in [2.45, 2.75) is 160 Å². The van der Waals surface area contributed by atoms with Gasteiger partial charge in [0.05, 0.1) is 19.2 Å². The molecule has 11 nitrogen and oxygen atoms in total. The van der Waals surface area contributed by atoms with Gasteiger partial charge >= 0.3 is 11.9 Å². The number of nitrogens with one attached hydrogen (secondary N) is 1. The Kier molecular flexibility index (Phi) is 12.2. The van der Waals surface area contributed by atoms with Gasteiger partial charge in [-0.3, -0.25) is 19.2 Å². The lowest BCUT2D eigenvalue weighted by molar-refractivity contribution is -0.224. The van der Waals surface area contributed by atoms with E-state index in [1.807, 2.05) is 24.3 Å². The summed E-state index contributed by atoms with van der Waals surface area (Å²) in [4.78, 5) is 47.8. The highest BCUT2D eigenvalue weighted by atomic mass is 127. The number of benzene rings is 1. The summed E-state index contributed by atoms with van der Waals surface area (Å²) in [5, 5.41) is 14.9. The van der Waals surface area contributed by atoms with E-state index < -0.39 is 71.1 Å². The number of unbranched alkanes of at least 4 members (excludes halogenated alkanes) is 4. The predicted octanol–water partition coefficient (Wildman–Crippen LogP) is 5.33. The highest BCUT2D eigenvalue weighted by Crippen LogP contribution is 2.58. The molecular formula is C36H53IN2O9. The van der Waals surface area contributed by atoms with E-state index in [0.29, 0.717) is 12.8 Å². The lowest BCUT2D eigenvalue weighted by atomic mass is 9.62. The van der Waals surface area contributed by atoms with Gasteiger partial charge in [0.1, 0.15) is 35.4 Å². The van der Waals surface area contributed by atoms with Crippen LogP contribution in [0.2, 0.25) is 0 Å². The fraction of sp³-hybridized carbons (Fsp3) is 0.750. The van der Waals surface area contributed by atoms with Crippen molar-refractivity contribution in [2.75, 3.05) is 6.61 Å². The molecule has 0 aromatic heterocycles. The van der Waals surface area contributed by atoms with Crippen LogP contribution < -0.4 is 5.32 Å². The lowest BCUT2D eigenvalue weighted by Crippen LogP contribution is -2.70. The van der Waals surface area contributed by atoms with E-state index in [9.17, 15) is 19.5 Å². The molecular weight excluding hydrogens is 731 g/mol. The van der Waals surface area contributed by atoms with Gasteiger partial charge in [-0.1, -0.05) is 51.7 Å². The number of esters is 2. The third-order valence-corrected chi connectivity index (χ3v) is 10.6. The van der Waals surface area contributed by atoms with Crippen LogP contribution in [0.1, 0.15) is 111 Å². The number of amides is 1. The third-order valence-electron chi connectivity index (χ3n) is 9.90. The average Bonchev–Trinajstić information content (AvgIpc) is 3.57. The second kappa shape index (κ2) is 15.6. The SMILES string of the molecule is CCCCCC1(CCCCC)O[C@@H]2[C@H](O1)[C@H]1ON(Cc3cccc(I)c3)[C@@H]3C(=O)O[C@@H]2C[C@]13C(=O)N[C@H](CO)CCC(=O)OC(C)(C)C. The first kappa shape index (κ1) is 37.4. The molecule has 7 atom stereocenters. The van der Waals surface area contributed by atoms with E-state index in [0.717, 1.165) is 47.7 Å². The Morgan fingerprint density at radius 2 is 1.79 bits per heavy atom. The number of hydrogen-bond donors (Lipinski definition) is 2. The average molecular weight is 785 g/mol. The Balaban J connectivity index is 1.46. The van der Waals surface area contributed by atoms with Gasteiger partial charge in [0.25, 0.3) is 0 Å². The van der Waals surface area contributed by atoms with Gasteiger partial charge in [0, 0.05) is 29.3 Å². The van der Waals surface area contributed by atoms with Crippen LogP contribution in [0.3, 0.4) is 0 Å². The van der Waals surface area contributed by atoms with Gasteiger partial charge in [-0.15, -0.1) is 0 Å². The first-order valence-corrected chi connectivity index (χ1v) is 18.8. The lowest BCUT2D eigenvalue weighted by Gasteiger charge is -2.49. The Bertz CT molecular complexity index is 1290. The first-order valence-electron chi connectivity index (χ1n) is 17.7. The summed E-state index contributed by atoms with van der Waals surface area (Å²) in [6, 6.07) is 6.12. The number of nitrogens with zero attached hydrogens (tertiary/aromatic N) is 1. The van der Waals surface area contributed by atoms with Crippen molar-refractivity contribution in [3.63, 3.8) is 0 Å². The highest BCUT2D eigenvalue weighted by Gasteiger charge is 2.76. The largest absolute Gasteiger partial charge is 0.460 e. The minimum absolute atomic E-state index is 0.0161. The number of halogens is 1. The van der Waals surface area contributed by atoms with Crippen molar-refractivity contribution in [1.29, 1.82) is 0 Å². The minimum atomic E-state index is -1.37. The maximum absolute atomic E-state index is 14.7. The zero-order valence-electron chi connectivity index (χ0n) is 29.0. The molecule has 5 rings (SSSR count). The van der Waals surface area contributed by atoms with Crippen LogP contribution in [-0.2, 0) is 44.7 Å². The third kappa shape index (κ3) is 8.04. The van der Waals surface area contributed by atoms with E-state index in [-0.39, 0.29) is 32.4 Å². The van der Waals surface area contributed by atoms with Gasteiger partial charge in [-0.05, 0) is 80.3 Å². The Labute approximate surface area is 298 Å². The van der Waals surface area contributed by atoms with Gasteiger partial charge in [-0.25, -0.2) is 0 Å². The molecule has 12 heteroatoms. The summed E-state index contributed by atoms with van der Waals surface area (Å²) in [7, 11) is 0. The molecule has 1 aliphatic carbocycles. The van der Waals surface area contributed by atoms with Crippen LogP contribution in [0.4, 0.5) is 0 Å². The van der Waals surface area contributed by atoms with Gasteiger partial charge < -0.3 is 29.4 Å². The number of ether oxygens (including phenoxy) is 4. The molecule has 2 N–H and O–H groups in total. The molecule has 1 amide bonds. The predicted molar refractivity (Wildman–Crippen MR) is 185 cm³/mol. The molecule has 1 aromatic carbocycles. The van der Waals surface area contributed by atoms with E-state index in [2.05, 4.69) is 41.8 Å². The summed E-state index contributed by atoms with van der Waals surface area (Å²) >= 11 is 2.24. The molecule has 0 spiro atoms. The monoisotopic (exact) mass is 784 g/mol. The topological polar surface area (TPSA) is 133 Å². The van der Waals surface area contributed by atoms with E-state index in [4.69, 9.17) is 23.8 Å². The van der Waals surface area contributed by atoms with Crippen molar-refractivity contribution < 1.29 is 43.3 Å². The quantitative estimate of drug-likeness (QED) is 0.129. The summed E-state index contributed by atoms with van der Waals surface area (Å²) in [5.74, 6) is -2.24. The molecule has 4 fully saturated rings. The molecule has 3 heterocycles. The smallest absolute Gasteiger partial charge is 0.327 e. The summed E-state index contributed by atoms with van der Waals surface area (Å²) < 4.78 is 26.3. The van der Waals surface area contributed by atoms with Crippen LogP contribution in [0.25, 0.3) is 0 Å². The van der Waals surface area contributed by atoms with E-state index >= 15 is 0 Å². The molecule has 4 aliphatic rings. The molecule has 3 aliphatic heterocycles. The number of carbonyl (C=O) groups excluding carboxylic acids is 3. The number of hydrogen-bond acceptors (Lipinski definition) is 10. The highest BCUT2D eigenvalue weighted by molar-refractivity contribution is 14.1. The fourth-order valence-electron chi connectivity index (χ4n) is 7.73. The van der Waals surface area contributed by atoms with Crippen molar-refractivity contribution >= 4 is 40.4 Å². The van der Waals surface area contributed by atoms with Crippen molar-refractivity contribution in [2.24, 2.45) is 5.41 Å². The zero-order chi connectivity index (χ0) is 34.7. The zero-order valence-corrected chi connectivity index (χ0v) is 31.2. The normalized spacial score (nSPS) is 29.6. The second-order valence-corrected chi connectivity index (χ2v) is 16.1. The second-order valence-electron chi connectivity index (χ2n) is 14.8. The number of rotatable bonds is 16. The summed E-state index contributed by atoms with van der Waals surface area (Å²) in [6.45, 7) is 9.56. The molecule has 3 saturated heterocycles. The number of aliphatic hydroxyl groups is 1.